The smallest absolute Gasteiger partial charge is 0.411 e. The predicted octanol–water partition coefficient (Wildman–Crippen LogP) is 2.92. The number of rotatable bonds is 9. The average molecular weight is 289 g/mol. The summed E-state index contributed by atoms with van der Waals surface area (Å²) in [4.78, 5) is 0. The maximum Gasteiger partial charge on any atom is 0.411 e. The van der Waals surface area contributed by atoms with E-state index in [0.29, 0.717) is 19.7 Å². The Morgan fingerprint density at radius 2 is 1.90 bits per heavy atom. The third-order valence-electron chi connectivity index (χ3n) is 2.31. The van der Waals surface area contributed by atoms with E-state index in [1.54, 1.807) is 6.08 Å². The number of nitrogens with one attached hydrogen (secondary N) is 1. The molecule has 0 spiro atoms. The van der Waals surface area contributed by atoms with E-state index in [2.05, 4.69) is 16.6 Å². The summed E-state index contributed by atoms with van der Waals surface area (Å²) in [5.74, 6) is 0.752. The highest BCUT2D eigenvalue weighted by atomic mass is 19.4. The summed E-state index contributed by atoms with van der Waals surface area (Å²) in [5.41, 5.74) is 1.02. The summed E-state index contributed by atoms with van der Waals surface area (Å²) < 4.78 is 45.2. The lowest BCUT2D eigenvalue weighted by molar-refractivity contribution is -0.173. The van der Waals surface area contributed by atoms with Crippen molar-refractivity contribution < 1.29 is 22.6 Å². The van der Waals surface area contributed by atoms with Crippen LogP contribution in [0.3, 0.4) is 0 Å². The maximum absolute atomic E-state index is 11.8. The predicted molar refractivity (Wildman–Crippen MR) is 70.7 cm³/mol. The van der Waals surface area contributed by atoms with Crippen molar-refractivity contribution in [2.24, 2.45) is 0 Å². The fraction of sp³-hybridized carbons (Fsp3) is 0.429. The SMILES string of the molecule is C=CCOc1ccc(CNCCOCC(F)(F)F)cc1. The highest BCUT2D eigenvalue weighted by Gasteiger charge is 2.27. The van der Waals surface area contributed by atoms with Gasteiger partial charge in [0.05, 0.1) is 6.61 Å². The van der Waals surface area contributed by atoms with Crippen LogP contribution in [-0.4, -0.2) is 32.5 Å². The van der Waals surface area contributed by atoms with Crippen LogP contribution >= 0.6 is 0 Å². The standard InChI is InChI=1S/C14H18F3NO2/c1-2-8-20-13-5-3-12(4-6-13)10-18-7-9-19-11-14(15,16)17/h2-6,18H,1,7-11H2. The minimum atomic E-state index is -4.26. The molecular formula is C14H18F3NO2. The summed E-state index contributed by atoms with van der Waals surface area (Å²) in [7, 11) is 0. The molecular weight excluding hydrogens is 271 g/mol. The first-order chi connectivity index (χ1) is 9.51. The van der Waals surface area contributed by atoms with E-state index >= 15 is 0 Å². The molecule has 0 unspecified atom stereocenters. The van der Waals surface area contributed by atoms with Crippen LogP contribution in [0.1, 0.15) is 5.56 Å². The first kappa shape index (κ1) is 16.5. The summed E-state index contributed by atoms with van der Waals surface area (Å²) in [6.07, 6.45) is -2.60. The molecule has 0 aromatic heterocycles. The van der Waals surface area contributed by atoms with Gasteiger partial charge >= 0.3 is 6.18 Å². The third-order valence-corrected chi connectivity index (χ3v) is 2.31. The molecule has 6 heteroatoms. The number of benzene rings is 1. The van der Waals surface area contributed by atoms with Crippen molar-refractivity contribution in [3.63, 3.8) is 0 Å². The second-order valence-electron chi connectivity index (χ2n) is 4.09. The fourth-order valence-electron chi connectivity index (χ4n) is 1.42. The Hall–Kier alpha value is -1.53. The molecule has 1 N–H and O–H groups in total. The first-order valence-electron chi connectivity index (χ1n) is 6.19. The normalized spacial score (nSPS) is 11.3. The monoisotopic (exact) mass is 289 g/mol. The van der Waals surface area contributed by atoms with E-state index in [1.165, 1.54) is 0 Å². The number of hydrogen-bond acceptors (Lipinski definition) is 3. The lowest BCUT2D eigenvalue weighted by Crippen LogP contribution is -2.23. The quantitative estimate of drug-likeness (QED) is 0.560. The Kier molecular flexibility index (Phi) is 7.11. The van der Waals surface area contributed by atoms with Gasteiger partial charge in [0.15, 0.2) is 0 Å². The highest BCUT2D eigenvalue weighted by Crippen LogP contribution is 2.14. The van der Waals surface area contributed by atoms with Crippen LogP contribution in [0.15, 0.2) is 36.9 Å². The first-order valence-corrected chi connectivity index (χ1v) is 6.19. The number of hydrogen-bond donors (Lipinski definition) is 1. The van der Waals surface area contributed by atoms with Crippen LogP contribution in [0, 0.1) is 0 Å². The van der Waals surface area contributed by atoms with Gasteiger partial charge in [0.25, 0.3) is 0 Å². The highest BCUT2D eigenvalue weighted by molar-refractivity contribution is 5.27. The molecule has 0 atom stereocenters. The van der Waals surface area contributed by atoms with Crippen molar-refractivity contribution in [1.82, 2.24) is 5.32 Å². The molecule has 112 valence electrons. The van der Waals surface area contributed by atoms with Crippen LogP contribution in [0.4, 0.5) is 13.2 Å². The molecule has 0 bridgehead atoms. The van der Waals surface area contributed by atoms with Gasteiger partial charge in [0, 0.05) is 13.1 Å². The second-order valence-corrected chi connectivity index (χ2v) is 4.09. The van der Waals surface area contributed by atoms with Crippen LogP contribution in [0.2, 0.25) is 0 Å². The van der Waals surface area contributed by atoms with Crippen LogP contribution in [0.5, 0.6) is 5.75 Å². The van der Waals surface area contributed by atoms with E-state index in [0.717, 1.165) is 11.3 Å². The fourth-order valence-corrected chi connectivity index (χ4v) is 1.42. The van der Waals surface area contributed by atoms with Gasteiger partial charge in [-0.05, 0) is 17.7 Å². The summed E-state index contributed by atoms with van der Waals surface area (Å²) >= 11 is 0. The largest absolute Gasteiger partial charge is 0.490 e. The van der Waals surface area contributed by atoms with Crippen molar-refractivity contribution in [2.45, 2.75) is 12.7 Å². The Morgan fingerprint density at radius 1 is 1.20 bits per heavy atom. The van der Waals surface area contributed by atoms with Gasteiger partial charge in [0.1, 0.15) is 19.0 Å². The van der Waals surface area contributed by atoms with E-state index in [4.69, 9.17) is 4.74 Å². The zero-order valence-corrected chi connectivity index (χ0v) is 11.1. The zero-order chi connectivity index (χ0) is 14.8. The van der Waals surface area contributed by atoms with Crippen LogP contribution < -0.4 is 10.1 Å². The van der Waals surface area contributed by atoms with E-state index in [9.17, 15) is 13.2 Å². The maximum atomic E-state index is 11.8. The molecule has 0 aliphatic carbocycles. The van der Waals surface area contributed by atoms with Gasteiger partial charge in [-0.1, -0.05) is 24.8 Å². The van der Waals surface area contributed by atoms with Crippen molar-refractivity contribution in [2.75, 3.05) is 26.4 Å². The Morgan fingerprint density at radius 3 is 2.50 bits per heavy atom. The van der Waals surface area contributed by atoms with Gasteiger partial charge in [-0.2, -0.15) is 13.2 Å². The lowest BCUT2D eigenvalue weighted by atomic mass is 10.2. The van der Waals surface area contributed by atoms with Crippen molar-refractivity contribution in [3.05, 3.63) is 42.5 Å². The third kappa shape index (κ3) is 7.81. The van der Waals surface area contributed by atoms with E-state index in [1.807, 2.05) is 24.3 Å². The molecule has 3 nitrogen and oxygen atoms in total. The van der Waals surface area contributed by atoms with Gasteiger partial charge in [0.2, 0.25) is 0 Å². The molecule has 0 aliphatic heterocycles. The molecule has 0 amide bonds. The molecule has 0 fully saturated rings. The molecule has 1 aromatic rings. The van der Waals surface area contributed by atoms with Gasteiger partial charge in [-0.25, -0.2) is 0 Å². The van der Waals surface area contributed by atoms with E-state index < -0.39 is 12.8 Å². The number of alkyl halides is 3. The van der Waals surface area contributed by atoms with Crippen molar-refractivity contribution in [3.8, 4) is 5.75 Å². The minimum Gasteiger partial charge on any atom is -0.490 e. The van der Waals surface area contributed by atoms with Crippen molar-refractivity contribution in [1.29, 1.82) is 0 Å². The van der Waals surface area contributed by atoms with E-state index in [-0.39, 0.29) is 6.61 Å². The molecule has 1 rings (SSSR count). The summed E-state index contributed by atoms with van der Waals surface area (Å²) in [5, 5.41) is 3.00. The zero-order valence-electron chi connectivity index (χ0n) is 11.1. The van der Waals surface area contributed by atoms with Crippen LogP contribution in [-0.2, 0) is 11.3 Å². The Labute approximate surface area is 116 Å². The number of ether oxygens (including phenoxy) is 2. The van der Waals surface area contributed by atoms with Crippen molar-refractivity contribution >= 4 is 0 Å². The molecule has 0 saturated carbocycles. The average Bonchev–Trinajstić information content (AvgIpc) is 2.40. The second kappa shape index (κ2) is 8.60. The molecule has 0 saturated heterocycles. The summed E-state index contributed by atoms with van der Waals surface area (Å²) in [6.45, 7) is 3.76. The lowest BCUT2D eigenvalue weighted by Gasteiger charge is -2.09. The topological polar surface area (TPSA) is 30.5 Å². The van der Waals surface area contributed by atoms with Gasteiger partial charge in [-0.15, -0.1) is 0 Å². The molecule has 1 aromatic carbocycles. The molecule has 0 aliphatic rings. The minimum absolute atomic E-state index is 0.0278. The Bertz CT molecular complexity index is 390. The molecule has 0 heterocycles. The van der Waals surface area contributed by atoms with Gasteiger partial charge < -0.3 is 14.8 Å². The molecule has 20 heavy (non-hydrogen) atoms. The van der Waals surface area contributed by atoms with Gasteiger partial charge in [-0.3, -0.25) is 0 Å². The summed E-state index contributed by atoms with van der Waals surface area (Å²) in [6, 6.07) is 7.45. The number of halogens is 3. The Balaban J connectivity index is 2.14. The molecule has 0 radical (unpaired) electrons. The van der Waals surface area contributed by atoms with Crippen LogP contribution in [0.25, 0.3) is 0 Å².